The molecule has 5 nitrogen and oxygen atoms in total. The highest BCUT2D eigenvalue weighted by atomic mass is 16.4. The molecule has 0 saturated carbocycles. The number of amides is 1. The number of hydrogen-bond acceptors (Lipinski definition) is 3. The van der Waals surface area contributed by atoms with E-state index in [1.165, 1.54) is 12.1 Å². The Labute approximate surface area is 116 Å². The maximum absolute atomic E-state index is 11.9. The van der Waals surface area contributed by atoms with Crippen molar-refractivity contribution in [2.24, 2.45) is 0 Å². The summed E-state index contributed by atoms with van der Waals surface area (Å²) in [7, 11) is 0. The predicted molar refractivity (Wildman–Crippen MR) is 73.5 cm³/mol. The van der Waals surface area contributed by atoms with Crippen LogP contribution in [0, 0.1) is 6.92 Å². The van der Waals surface area contributed by atoms with Gasteiger partial charge in [0, 0.05) is 12.7 Å². The fourth-order valence-electron chi connectivity index (χ4n) is 1.75. The van der Waals surface area contributed by atoms with Crippen LogP contribution in [0.5, 0.6) is 0 Å². The number of carbonyl (C=O) groups excluding carboxylic acids is 1. The fraction of sp³-hybridized carbons (Fsp3) is 0.133. The molecule has 0 aliphatic carbocycles. The summed E-state index contributed by atoms with van der Waals surface area (Å²) in [6.07, 6.45) is 1.57. The number of carbonyl (C=O) groups is 2. The van der Waals surface area contributed by atoms with Gasteiger partial charge < -0.3 is 10.4 Å². The van der Waals surface area contributed by atoms with Crippen LogP contribution in [0.4, 0.5) is 0 Å². The van der Waals surface area contributed by atoms with Crippen molar-refractivity contribution in [1.82, 2.24) is 10.3 Å². The topological polar surface area (TPSA) is 79.3 Å². The second-order valence-electron chi connectivity index (χ2n) is 4.35. The van der Waals surface area contributed by atoms with Gasteiger partial charge in [0.1, 0.15) is 5.69 Å². The Morgan fingerprint density at radius 2 is 1.90 bits per heavy atom. The zero-order chi connectivity index (χ0) is 14.5. The van der Waals surface area contributed by atoms with E-state index in [0.717, 1.165) is 11.1 Å². The number of carboxylic acid groups (broad SMARTS) is 1. The summed E-state index contributed by atoms with van der Waals surface area (Å²) in [6.45, 7) is 2.15. The maximum atomic E-state index is 11.9. The monoisotopic (exact) mass is 270 g/mol. The second kappa shape index (κ2) is 5.97. The molecule has 2 rings (SSSR count). The summed E-state index contributed by atoms with van der Waals surface area (Å²) in [5.74, 6) is -1.21. The number of aromatic nitrogens is 1. The highest BCUT2D eigenvalue weighted by Crippen LogP contribution is 2.06. The molecule has 1 aromatic carbocycles. The van der Waals surface area contributed by atoms with Crippen LogP contribution in [0.3, 0.4) is 0 Å². The van der Waals surface area contributed by atoms with Crippen LogP contribution in [0.1, 0.15) is 32.0 Å². The van der Waals surface area contributed by atoms with Crippen LogP contribution in [0.2, 0.25) is 0 Å². The number of hydrogen-bond donors (Lipinski definition) is 2. The van der Waals surface area contributed by atoms with E-state index in [1.807, 2.05) is 13.0 Å². The summed E-state index contributed by atoms with van der Waals surface area (Å²) in [4.78, 5) is 26.7. The largest absolute Gasteiger partial charge is 0.478 e. The van der Waals surface area contributed by atoms with Gasteiger partial charge in [-0.2, -0.15) is 0 Å². The number of carboxylic acids is 1. The minimum atomic E-state index is -0.968. The van der Waals surface area contributed by atoms with Crippen LogP contribution in [0.15, 0.2) is 42.6 Å². The first kappa shape index (κ1) is 13.7. The molecule has 1 heterocycles. The number of aromatic carboxylic acids is 1. The predicted octanol–water partition coefficient (Wildman–Crippen LogP) is 2.02. The normalized spacial score (nSPS) is 10.1. The summed E-state index contributed by atoms with van der Waals surface area (Å²) in [5, 5.41) is 11.6. The Hall–Kier alpha value is -2.69. The van der Waals surface area contributed by atoms with E-state index in [1.54, 1.807) is 24.4 Å². The fourth-order valence-corrected chi connectivity index (χ4v) is 1.75. The molecule has 0 radical (unpaired) electrons. The Kier molecular flexibility index (Phi) is 4.10. The van der Waals surface area contributed by atoms with E-state index in [0.29, 0.717) is 12.2 Å². The number of pyridine rings is 1. The molecule has 2 aromatic rings. The first-order valence-corrected chi connectivity index (χ1v) is 6.10. The smallest absolute Gasteiger partial charge is 0.335 e. The van der Waals surface area contributed by atoms with Crippen LogP contribution < -0.4 is 5.32 Å². The van der Waals surface area contributed by atoms with Crippen molar-refractivity contribution in [2.45, 2.75) is 13.5 Å². The number of benzene rings is 1. The van der Waals surface area contributed by atoms with Gasteiger partial charge in [-0.05, 0) is 36.2 Å². The molecule has 1 aromatic heterocycles. The third kappa shape index (κ3) is 3.20. The van der Waals surface area contributed by atoms with Crippen molar-refractivity contribution in [3.8, 4) is 0 Å². The lowest BCUT2D eigenvalue weighted by Crippen LogP contribution is -2.24. The lowest BCUT2D eigenvalue weighted by molar-refractivity contribution is 0.0696. The molecule has 0 saturated heterocycles. The quantitative estimate of drug-likeness (QED) is 0.890. The molecule has 20 heavy (non-hydrogen) atoms. The SMILES string of the molecule is Cc1cccnc1C(=O)NCc1ccc(C(=O)O)cc1. The van der Waals surface area contributed by atoms with Gasteiger partial charge in [0.05, 0.1) is 5.56 Å². The average Bonchev–Trinajstić information content (AvgIpc) is 2.45. The highest BCUT2D eigenvalue weighted by molar-refractivity contribution is 5.93. The van der Waals surface area contributed by atoms with Crippen molar-refractivity contribution in [2.75, 3.05) is 0 Å². The minimum absolute atomic E-state index is 0.223. The number of nitrogens with one attached hydrogen (secondary N) is 1. The summed E-state index contributed by atoms with van der Waals surface area (Å²) in [5.41, 5.74) is 2.26. The van der Waals surface area contributed by atoms with Crippen LogP contribution in [-0.2, 0) is 6.54 Å². The molecule has 0 aliphatic rings. The van der Waals surface area contributed by atoms with Crippen molar-refractivity contribution in [3.63, 3.8) is 0 Å². The van der Waals surface area contributed by atoms with Crippen molar-refractivity contribution < 1.29 is 14.7 Å². The molecule has 0 aliphatic heterocycles. The lowest BCUT2D eigenvalue weighted by atomic mass is 10.1. The number of aryl methyl sites for hydroxylation is 1. The van der Waals surface area contributed by atoms with Gasteiger partial charge in [0.2, 0.25) is 0 Å². The standard InChI is InChI=1S/C15H14N2O3/c1-10-3-2-8-16-13(10)14(18)17-9-11-4-6-12(7-5-11)15(19)20/h2-8H,9H2,1H3,(H,17,18)(H,19,20). The molecule has 102 valence electrons. The Balaban J connectivity index is 2.00. The van der Waals surface area contributed by atoms with E-state index in [9.17, 15) is 9.59 Å². The van der Waals surface area contributed by atoms with Crippen LogP contribution >= 0.6 is 0 Å². The Morgan fingerprint density at radius 3 is 2.50 bits per heavy atom. The van der Waals surface area contributed by atoms with Gasteiger partial charge in [0.25, 0.3) is 5.91 Å². The molecule has 0 bridgehead atoms. The van der Waals surface area contributed by atoms with Crippen molar-refractivity contribution >= 4 is 11.9 Å². The summed E-state index contributed by atoms with van der Waals surface area (Å²) < 4.78 is 0. The zero-order valence-electron chi connectivity index (χ0n) is 11.0. The van der Waals surface area contributed by atoms with Gasteiger partial charge in [0.15, 0.2) is 0 Å². The highest BCUT2D eigenvalue weighted by Gasteiger charge is 2.09. The number of nitrogens with zero attached hydrogens (tertiary/aromatic N) is 1. The second-order valence-corrected chi connectivity index (χ2v) is 4.35. The first-order chi connectivity index (χ1) is 9.58. The lowest BCUT2D eigenvalue weighted by Gasteiger charge is -2.07. The summed E-state index contributed by atoms with van der Waals surface area (Å²) in [6, 6.07) is 9.97. The van der Waals surface area contributed by atoms with Gasteiger partial charge in [-0.25, -0.2) is 4.79 Å². The Bertz CT molecular complexity index is 636. The van der Waals surface area contributed by atoms with Gasteiger partial charge in [-0.3, -0.25) is 9.78 Å². The maximum Gasteiger partial charge on any atom is 0.335 e. The minimum Gasteiger partial charge on any atom is -0.478 e. The molecular formula is C15H14N2O3. The third-order valence-electron chi connectivity index (χ3n) is 2.88. The van der Waals surface area contributed by atoms with E-state index in [2.05, 4.69) is 10.3 Å². The molecule has 0 spiro atoms. The van der Waals surface area contributed by atoms with Crippen LogP contribution in [0.25, 0.3) is 0 Å². The van der Waals surface area contributed by atoms with Crippen LogP contribution in [-0.4, -0.2) is 22.0 Å². The van der Waals surface area contributed by atoms with E-state index >= 15 is 0 Å². The molecule has 1 amide bonds. The first-order valence-electron chi connectivity index (χ1n) is 6.10. The van der Waals surface area contributed by atoms with Gasteiger partial charge in [-0.15, -0.1) is 0 Å². The van der Waals surface area contributed by atoms with Gasteiger partial charge in [-0.1, -0.05) is 18.2 Å². The molecular weight excluding hydrogens is 256 g/mol. The van der Waals surface area contributed by atoms with E-state index in [-0.39, 0.29) is 11.5 Å². The molecule has 5 heteroatoms. The van der Waals surface area contributed by atoms with Gasteiger partial charge >= 0.3 is 5.97 Å². The molecule has 0 fully saturated rings. The van der Waals surface area contributed by atoms with E-state index < -0.39 is 5.97 Å². The summed E-state index contributed by atoms with van der Waals surface area (Å²) >= 11 is 0. The number of rotatable bonds is 4. The Morgan fingerprint density at radius 1 is 1.20 bits per heavy atom. The van der Waals surface area contributed by atoms with E-state index in [4.69, 9.17) is 5.11 Å². The third-order valence-corrected chi connectivity index (χ3v) is 2.88. The molecule has 0 unspecified atom stereocenters. The van der Waals surface area contributed by atoms with Crippen molar-refractivity contribution in [1.29, 1.82) is 0 Å². The average molecular weight is 270 g/mol. The molecule has 0 atom stereocenters. The zero-order valence-corrected chi connectivity index (χ0v) is 11.0. The molecule has 2 N–H and O–H groups in total. The van der Waals surface area contributed by atoms with Crippen molar-refractivity contribution in [3.05, 3.63) is 65.0 Å².